The summed E-state index contributed by atoms with van der Waals surface area (Å²) in [5.41, 5.74) is 1.87. The van der Waals surface area contributed by atoms with E-state index in [1.54, 1.807) is 24.3 Å². The van der Waals surface area contributed by atoms with Crippen LogP contribution in [0, 0.1) is 17.6 Å². The molecule has 0 aliphatic rings. The summed E-state index contributed by atoms with van der Waals surface area (Å²) in [6.07, 6.45) is 0.203. The number of benzene rings is 3. The molecule has 1 amide bonds. The molecule has 8 heteroatoms. The predicted octanol–water partition coefficient (Wildman–Crippen LogP) is 6.72. The maximum atomic E-state index is 13.5. The molecule has 0 saturated heterocycles. The van der Waals surface area contributed by atoms with Crippen molar-refractivity contribution in [2.45, 2.75) is 20.3 Å². The van der Waals surface area contributed by atoms with E-state index in [-0.39, 0.29) is 24.0 Å². The van der Waals surface area contributed by atoms with Crippen LogP contribution in [0.25, 0.3) is 22.3 Å². The first-order valence-electron chi connectivity index (χ1n) is 11.3. The summed E-state index contributed by atoms with van der Waals surface area (Å²) in [7, 11) is 0. The molecule has 0 spiro atoms. The summed E-state index contributed by atoms with van der Waals surface area (Å²) in [6.45, 7) is 5.24. The molecule has 35 heavy (non-hydrogen) atoms. The van der Waals surface area contributed by atoms with Gasteiger partial charge in [-0.1, -0.05) is 25.4 Å². The molecule has 4 aromatic rings. The van der Waals surface area contributed by atoms with Gasteiger partial charge in [0.1, 0.15) is 17.5 Å². The average Bonchev–Trinajstić information content (AvgIpc) is 2.82. The van der Waals surface area contributed by atoms with Gasteiger partial charge in [0, 0.05) is 41.2 Å². The molecule has 1 N–H and O–H groups in total. The van der Waals surface area contributed by atoms with Gasteiger partial charge >= 0.3 is 0 Å². The van der Waals surface area contributed by atoms with E-state index in [1.165, 1.54) is 36.4 Å². The maximum Gasteiger partial charge on any atom is 0.226 e. The number of halogens is 3. The van der Waals surface area contributed by atoms with E-state index in [9.17, 15) is 13.6 Å². The predicted molar refractivity (Wildman–Crippen MR) is 137 cm³/mol. The molecule has 0 aliphatic carbocycles. The van der Waals surface area contributed by atoms with E-state index < -0.39 is 0 Å². The van der Waals surface area contributed by atoms with Gasteiger partial charge in [0.25, 0.3) is 0 Å². The largest absolute Gasteiger partial charge is 0.355 e. The Labute approximate surface area is 207 Å². The van der Waals surface area contributed by atoms with E-state index in [1.807, 2.05) is 6.07 Å². The highest BCUT2D eigenvalue weighted by Crippen LogP contribution is 2.30. The van der Waals surface area contributed by atoms with Crippen LogP contribution in [-0.4, -0.2) is 29.0 Å². The Morgan fingerprint density at radius 3 is 2.29 bits per heavy atom. The van der Waals surface area contributed by atoms with Crippen LogP contribution >= 0.6 is 11.6 Å². The van der Waals surface area contributed by atoms with E-state index in [0.29, 0.717) is 52.4 Å². The second-order valence-corrected chi connectivity index (χ2v) is 9.12. The third kappa shape index (κ3) is 6.31. The van der Waals surface area contributed by atoms with Gasteiger partial charge in [0.05, 0.1) is 5.52 Å². The van der Waals surface area contributed by atoms with Crippen molar-refractivity contribution in [1.82, 2.24) is 9.97 Å². The van der Waals surface area contributed by atoms with Gasteiger partial charge in [-0.2, -0.15) is 0 Å². The fourth-order valence-corrected chi connectivity index (χ4v) is 3.94. The van der Waals surface area contributed by atoms with Crippen molar-refractivity contribution in [2.75, 3.05) is 23.3 Å². The number of hydrogen-bond donors (Lipinski definition) is 1. The van der Waals surface area contributed by atoms with Crippen molar-refractivity contribution >= 4 is 39.9 Å². The molecule has 1 aromatic heterocycles. The number of hydrogen-bond acceptors (Lipinski definition) is 4. The minimum atomic E-state index is -0.362. The smallest absolute Gasteiger partial charge is 0.226 e. The van der Waals surface area contributed by atoms with Gasteiger partial charge in [-0.3, -0.25) is 4.79 Å². The second kappa shape index (κ2) is 10.8. The van der Waals surface area contributed by atoms with Crippen LogP contribution in [0.1, 0.15) is 20.3 Å². The quantitative estimate of drug-likeness (QED) is 0.295. The monoisotopic (exact) mass is 494 g/mol. The zero-order chi connectivity index (χ0) is 24.9. The lowest BCUT2D eigenvalue weighted by Crippen LogP contribution is -2.32. The molecule has 5 nitrogen and oxygen atoms in total. The Hall–Kier alpha value is -3.58. The van der Waals surface area contributed by atoms with Gasteiger partial charge in [-0.25, -0.2) is 18.7 Å². The second-order valence-electron chi connectivity index (χ2n) is 8.68. The number of carbonyl (C=O) groups is 1. The molecule has 0 bridgehead atoms. The zero-order valence-corrected chi connectivity index (χ0v) is 20.2. The van der Waals surface area contributed by atoms with Crippen LogP contribution in [-0.2, 0) is 4.79 Å². The first kappa shape index (κ1) is 24.5. The number of amides is 1. The summed E-state index contributed by atoms with van der Waals surface area (Å²) < 4.78 is 26.6. The van der Waals surface area contributed by atoms with Crippen molar-refractivity contribution in [3.8, 4) is 11.4 Å². The summed E-state index contributed by atoms with van der Waals surface area (Å²) in [5.74, 6) is 0.519. The number of fused-ring (bicyclic) bond motifs is 1. The fraction of sp³-hybridized carbons (Fsp3) is 0.222. The lowest BCUT2D eigenvalue weighted by Gasteiger charge is -2.27. The molecule has 180 valence electrons. The number of nitrogens with zero attached hydrogens (tertiary/aromatic N) is 3. The molecular formula is C27H25ClF2N4O. The van der Waals surface area contributed by atoms with Crippen molar-refractivity contribution in [3.05, 3.63) is 83.4 Å². The molecule has 0 radical (unpaired) electrons. The number of aromatic nitrogens is 2. The van der Waals surface area contributed by atoms with Gasteiger partial charge in [-0.05, 0) is 72.6 Å². The number of anilines is 2. The number of rotatable bonds is 8. The number of nitrogens with one attached hydrogen (secondary N) is 1. The van der Waals surface area contributed by atoms with Gasteiger partial charge in [0.15, 0.2) is 5.82 Å². The lowest BCUT2D eigenvalue weighted by atomic mass is 10.1. The van der Waals surface area contributed by atoms with Crippen LogP contribution in [0.5, 0.6) is 0 Å². The van der Waals surface area contributed by atoms with Crippen molar-refractivity contribution in [1.29, 1.82) is 0 Å². The highest BCUT2D eigenvalue weighted by molar-refractivity contribution is 6.31. The molecule has 4 rings (SSSR count). The molecule has 0 saturated carbocycles. The Morgan fingerprint density at radius 2 is 1.63 bits per heavy atom. The highest BCUT2D eigenvalue weighted by Gasteiger charge is 2.18. The maximum absolute atomic E-state index is 13.5. The van der Waals surface area contributed by atoms with Gasteiger partial charge in [-0.15, -0.1) is 0 Å². The van der Waals surface area contributed by atoms with E-state index >= 15 is 0 Å². The summed E-state index contributed by atoms with van der Waals surface area (Å²) >= 11 is 6.24. The third-order valence-corrected chi connectivity index (χ3v) is 5.60. The van der Waals surface area contributed by atoms with Gasteiger partial charge < -0.3 is 10.2 Å². The highest BCUT2D eigenvalue weighted by atomic mass is 35.5. The van der Waals surface area contributed by atoms with Crippen LogP contribution in [0.15, 0.2) is 66.7 Å². The lowest BCUT2D eigenvalue weighted by molar-refractivity contribution is -0.116. The van der Waals surface area contributed by atoms with Crippen molar-refractivity contribution in [3.63, 3.8) is 0 Å². The zero-order valence-electron chi connectivity index (χ0n) is 19.4. The van der Waals surface area contributed by atoms with Crippen LogP contribution in [0.3, 0.4) is 0 Å². The normalized spacial score (nSPS) is 11.1. The van der Waals surface area contributed by atoms with E-state index in [0.717, 1.165) is 5.39 Å². The molecule has 0 atom stereocenters. The minimum absolute atomic E-state index is 0.189. The van der Waals surface area contributed by atoms with Gasteiger partial charge in [0.2, 0.25) is 5.91 Å². The Morgan fingerprint density at radius 1 is 0.971 bits per heavy atom. The first-order valence-corrected chi connectivity index (χ1v) is 11.7. The summed E-state index contributed by atoms with van der Waals surface area (Å²) in [6, 6.07) is 17.1. The van der Waals surface area contributed by atoms with Crippen molar-refractivity contribution < 1.29 is 13.6 Å². The fourth-order valence-electron chi connectivity index (χ4n) is 3.77. The Kier molecular flexibility index (Phi) is 7.56. The summed E-state index contributed by atoms with van der Waals surface area (Å²) in [5, 5.41) is 4.15. The number of carbonyl (C=O) groups excluding carboxylic acids is 1. The topological polar surface area (TPSA) is 58.1 Å². The molecule has 0 aliphatic heterocycles. The molecule has 3 aromatic carbocycles. The van der Waals surface area contributed by atoms with Crippen LogP contribution < -0.4 is 10.2 Å². The minimum Gasteiger partial charge on any atom is -0.355 e. The standard InChI is InChI=1S/C27H25ClF2N4O/c1-17(2)16-34(14-13-25(35)31-22-10-8-21(30)9-11-22)27-23-12-5-19(28)15-24(23)32-26(33-27)18-3-6-20(29)7-4-18/h3-12,15,17H,13-14,16H2,1-2H3,(H,31,35). The van der Waals surface area contributed by atoms with Crippen LogP contribution in [0.4, 0.5) is 20.3 Å². The van der Waals surface area contributed by atoms with E-state index in [4.69, 9.17) is 16.6 Å². The molecule has 1 heterocycles. The van der Waals surface area contributed by atoms with Crippen LogP contribution in [0.2, 0.25) is 5.02 Å². The first-order chi connectivity index (χ1) is 16.8. The van der Waals surface area contributed by atoms with Crippen molar-refractivity contribution in [2.24, 2.45) is 5.92 Å². The summed E-state index contributed by atoms with van der Waals surface area (Å²) in [4.78, 5) is 24.2. The molecule has 0 unspecified atom stereocenters. The third-order valence-electron chi connectivity index (χ3n) is 5.36. The Bertz CT molecular complexity index is 1330. The van der Waals surface area contributed by atoms with E-state index in [2.05, 4.69) is 29.0 Å². The molecular weight excluding hydrogens is 470 g/mol. The average molecular weight is 495 g/mol. The SMILES string of the molecule is CC(C)CN(CCC(=O)Nc1ccc(F)cc1)c1nc(-c2ccc(F)cc2)nc2cc(Cl)ccc12. The molecule has 0 fully saturated rings. The Balaban J connectivity index is 1.66.